The Kier molecular flexibility index (Phi) is 6.04. The number of hydrogen-bond donors (Lipinski definition) is 0. The van der Waals surface area contributed by atoms with E-state index in [1.54, 1.807) is 12.1 Å². The molecule has 6 nitrogen and oxygen atoms in total. The molecule has 2 aromatic heterocycles. The molecule has 0 unspecified atom stereocenters. The van der Waals surface area contributed by atoms with E-state index in [0.29, 0.717) is 33.5 Å². The van der Waals surface area contributed by atoms with Crippen molar-refractivity contribution in [3.05, 3.63) is 70.1 Å². The lowest BCUT2D eigenvalue weighted by Gasteiger charge is -2.15. The average Bonchev–Trinajstić information content (AvgIpc) is 2.73. The zero-order valence-electron chi connectivity index (χ0n) is 15.8. The van der Waals surface area contributed by atoms with Crippen LogP contribution in [0, 0.1) is 0 Å². The maximum Gasteiger partial charge on any atom is 0.339 e. The number of ether oxygens (including phenoxy) is 1. The van der Waals surface area contributed by atoms with Crippen molar-refractivity contribution in [3.8, 4) is 22.5 Å². The van der Waals surface area contributed by atoms with Gasteiger partial charge in [0.25, 0.3) is 5.56 Å². The van der Waals surface area contributed by atoms with E-state index in [4.69, 9.17) is 9.72 Å². The smallest absolute Gasteiger partial charge is 0.339 e. The molecule has 0 spiro atoms. The molecule has 0 saturated heterocycles. The lowest BCUT2D eigenvalue weighted by atomic mass is 9.99. The Labute approximate surface area is 171 Å². The van der Waals surface area contributed by atoms with E-state index in [1.807, 2.05) is 44.2 Å². The molecular weight excluding hydrogens is 422 g/mol. The first-order valence-corrected chi connectivity index (χ1v) is 9.92. The number of nitrogens with zero attached hydrogens (tertiary/aromatic N) is 3. The van der Waals surface area contributed by atoms with Gasteiger partial charge in [-0.3, -0.25) is 9.78 Å². The fourth-order valence-electron chi connectivity index (χ4n) is 2.89. The molecule has 0 fully saturated rings. The van der Waals surface area contributed by atoms with E-state index in [2.05, 4.69) is 21.0 Å². The molecule has 0 aliphatic heterocycles. The highest BCUT2D eigenvalue weighted by molar-refractivity contribution is 9.08. The Morgan fingerprint density at radius 3 is 2.50 bits per heavy atom. The molecule has 0 aliphatic rings. The van der Waals surface area contributed by atoms with Gasteiger partial charge in [0.2, 0.25) is 0 Å². The molecule has 0 atom stereocenters. The summed E-state index contributed by atoms with van der Waals surface area (Å²) in [4.78, 5) is 29.1. The molecular formula is C21H20BrN3O3. The number of carbonyl (C=O) groups excluding carboxylic acids is 1. The van der Waals surface area contributed by atoms with Crippen LogP contribution in [0.4, 0.5) is 0 Å². The van der Waals surface area contributed by atoms with Gasteiger partial charge in [0.15, 0.2) is 0 Å². The van der Waals surface area contributed by atoms with Gasteiger partial charge in [0.1, 0.15) is 0 Å². The summed E-state index contributed by atoms with van der Waals surface area (Å²) in [6.45, 7) is 3.78. The van der Waals surface area contributed by atoms with Crippen molar-refractivity contribution in [2.24, 2.45) is 0 Å². The van der Waals surface area contributed by atoms with Gasteiger partial charge < -0.3 is 4.74 Å². The number of pyridine rings is 1. The highest BCUT2D eigenvalue weighted by Crippen LogP contribution is 2.32. The Morgan fingerprint density at radius 2 is 1.89 bits per heavy atom. The second-order valence-electron chi connectivity index (χ2n) is 6.47. The lowest BCUT2D eigenvalue weighted by Crippen LogP contribution is -2.24. The van der Waals surface area contributed by atoms with Crippen LogP contribution in [-0.2, 0) is 10.1 Å². The molecule has 0 saturated carbocycles. The van der Waals surface area contributed by atoms with Crippen LogP contribution in [0.25, 0.3) is 22.5 Å². The maximum atomic E-state index is 12.3. The van der Waals surface area contributed by atoms with Crippen LogP contribution in [0.2, 0.25) is 0 Å². The van der Waals surface area contributed by atoms with Gasteiger partial charge in [-0.15, -0.1) is 0 Å². The average molecular weight is 442 g/mol. The molecule has 28 heavy (non-hydrogen) atoms. The minimum absolute atomic E-state index is 0.0949. The summed E-state index contributed by atoms with van der Waals surface area (Å²) in [5.74, 6) is -0.472. The molecule has 0 aliphatic carbocycles. The molecule has 7 heteroatoms. The van der Waals surface area contributed by atoms with Crippen LogP contribution in [0.1, 0.15) is 35.9 Å². The first-order valence-electron chi connectivity index (χ1n) is 8.80. The van der Waals surface area contributed by atoms with Crippen LogP contribution in [0.3, 0.4) is 0 Å². The third kappa shape index (κ3) is 3.89. The predicted molar refractivity (Wildman–Crippen MR) is 112 cm³/mol. The minimum Gasteiger partial charge on any atom is -0.465 e. The van der Waals surface area contributed by atoms with Crippen LogP contribution >= 0.6 is 15.9 Å². The molecule has 0 amide bonds. The Balaban J connectivity index is 2.33. The van der Waals surface area contributed by atoms with E-state index >= 15 is 0 Å². The Morgan fingerprint density at radius 1 is 1.18 bits per heavy atom. The standard InChI is InChI=1S/C21H20BrN3O3/c1-13(2)25-19(26)10-9-17(24-25)15-11-16(21(27)28-3)18(12-22)23-20(15)14-7-5-4-6-8-14/h4-11,13H,12H2,1-3H3. The SMILES string of the molecule is COC(=O)c1cc(-c2ccc(=O)n(C(C)C)n2)c(-c2ccccc2)nc1CBr. The molecule has 0 N–H and O–H groups in total. The van der Waals surface area contributed by atoms with Gasteiger partial charge >= 0.3 is 5.97 Å². The molecule has 2 heterocycles. The van der Waals surface area contributed by atoms with E-state index in [9.17, 15) is 9.59 Å². The zero-order valence-corrected chi connectivity index (χ0v) is 17.4. The second-order valence-corrected chi connectivity index (χ2v) is 7.03. The number of aromatic nitrogens is 3. The third-order valence-corrected chi connectivity index (χ3v) is 4.80. The van der Waals surface area contributed by atoms with E-state index in [1.165, 1.54) is 17.9 Å². The summed E-state index contributed by atoms with van der Waals surface area (Å²) in [6.07, 6.45) is 0. The predicted octanol–water partition coefficient (Wildman–Crippen LogP) is 4.23. The number of carbonyl (C=O) groups is 1. The zero-order chi connectivity index (χ0) is 20.3. The van der Waals surface area contributed by atoms with Crippen LogP contribution in [-0.4, -0.2) is 27.8 Å². The maximum absolute atomic E-state index is 12.3. The van der Waals surface area contributed by atoms with Gasteiger partial charge in [-0.1, -0.05) is 46.3 Å². The summed E-state index contributed by atoms with van der Waals surface area (Å²) in [5.41, 5.74) is 3.55. The summed E-state index contributed by atoms with van der Waals surface area (Å²) < 4.78 is 6.34. The molecule has 0 bridgehead atoms. The number of hydrogen-bond acceptors (Lipinski definition) is 5. The van der Waals surface area contributed by atoms with Crippen molar-refractivity contribution in [1.29, 1.82) is 0 Å². The van der Waals surface area contributed by atoms with Crippen LogP contribution in [0.15, 0.2) is 53.3 Å². The second kappa shape index (κ2) is 8.48. The van der Waals surface area contributed by atoms with Crippen molar-refractivity contribution in [2.75, 3.05) is 7.11 Å². The van der Waals surface area contributed by atoms with Crippen molar-refractivity contribution in [3.63, 3.8) is 0 Å². The van der Waals surface area contributed by atoms with Gasteiger partial charge in [-0.2, -0.15) is 5.10 Å². The number of methoxy groups -OCH3 is 1. The van der Waals surface area contributed by atoms with Crippen molar-refractivity contribution >= 4 is 21.9 Å². The summed E-state index contributed by atoms with van der Waals surface area (Å²) >= 11 is 3.40. The summed E-state index contributed by atoms with van der Waals surface area (Å²) in [6, 6.07) is 14.4. The third-order valence-electron chi connectivity index (χ3n) is 4.27. The van der Waals surface area contributed by atoms with Gasteiger partial charge in [-0.25, -0.2) is 9.48 Å². The Bertz CT molecular complexity index is 1060. The highest BCUT2D eigenvalue weighted by Gasteiger charge is 2.20. The largest absolute Gasteiger partial charge is 0.465 e. The van der Waals surface area contributed by atoms with Gasteiger partial charge in [0.05, 0.1) is 35.8 Å². The molecule has 1 aromatic carbocycles. The van der Waals surface area contributed by atoms with Crippen LogP contribution < -0.4 is 5.56 Å². The van der Waals surface area contributed by atoms with Crippen molar-refractivity contribution in [1.82, 2.24) is 14.8 Å². The topological polar surface area (TPSA) is 74.1 Å². The summed E-state index contributed by atoms with van der Waals surface area (Å²) in [7, 11) is 1.34. The molecule has 144 valence electrons. The highest BCUT2D eigenvalue weighted by atomic mass is 79.9. The first kappa shape index (κ1) is 19.9. The minimum atomic E-state index is -0.472. The van der Waals surface area contributed by atoms with Gasteiger partial charge in [0, 0.05) is 22.5 Å². The monoisotopic (exact) mass is 441 g/mol. The fraction of sp³-hybridized carbons (Fsp3) is 0.238. The fourth-order valence-corrected chi connectivity index (χ4v) is 3.32. The number of esters is 1. The van der Waals surface area contributed by atoms with Crippen molar-refractivity contribution < 1.29 is 9.53 Å². The van der Waals surface area contributed by atoms with E-state index < -0.39 is 5.97 Å². The summed E-state index contributed by atoms with van der Waals surface area (Å²) in [5, 5.41) is 4.91. The molecule has 3 rings (SSSR count). The molecule has 0 radical (unpaired) electrons. The number of halogens is 1. The lowest BCUT2D eigenvalue weighted by molar-refractivity contribution is 0.0599. The first-order chi connectivity index (χ1) is 13.5. The van der Waals surface area contributed by atoms with Crippen molar-refractivity contribution in [2.45, 2.75) is 25.2 Å². The molecule has 3 aromatic rings. The normalized spacial score (nSPS) is 10.9. The number of rotatable bonds is 5. The van der Waals surface area contributed by atoms with E-state index in [-0.39, 0.29) is 11.6 Å². The number of benzene rings is 1. The van der Waals surface area contributed by atoms with Crippen LogP contribution in [0.5, 0.6) is 0 Å². The van der Waals surface area contributed by atoms with E-state index in [0.717, 1.165) is 5.56 Å². The number of alkyl halides is 1. The van der Waals surface area contributed by atoms with Gasteiger partial charge in [-0.05, 0) is 26.0 Å². The Hall–Kier alpha value is -2.80. The quantitative estimate of drug-likeness (QED) is 0.437.